The lowest BCUT2D eigenvalue weighted by Crippen LogP contribution is -2.47. The summed E-state index contributed by atoms with van der Waals surface area (Å²) in [5.74, 6) is -0.153. The second-order valence-corrected chi connectivity index (χ2v) is 10.9. The average Bonchev–Trinajstić information content (AvgIpc) is 2.79. The van der Waals surface area contributed by atoms with E-state index in [-0.39, 0.29) is 5.78 Å². The quantitative estimate of drug-likeness (QED) is 0.475. The number of ether oxygens (including phenoxy) is 1. The average molecular weight is 481 g/mol. The van der Waals surface area contributed by atoms with Crippen LogP contribution in [0.1, 0.15) is 63.1 Å². The molecule has 0 bridgehead atoms. The molecule has 0 saturated heterocycles. The third kappa shape index (κ3) is 6.21. The molecule has 3 aromatic rings. The molecule has 1 aliphatic rings. The first-order valence-electron chi connectivity index (χ1n) is 11.9. The number of nitrogens with one attached hydrogen (secondary N) is 1. The molecule has 1 heterocycles. The smallest absolute Gasteiger partial charge is 0.219 e. The Labute approximate surface area is 201 Å². The second-order valence-electron chi connectivity index (χ2n) is 9.22. The van der Waals surface area contributed by atoms with E-state index in [0.29, 0.717) is 25.2 Å². The minimum absolute atomic E-state index is 0.348. The Bertz CT molecular complexity index is 1230. The first-order chi connectivity index (χ1) is 16.4. The van der Waals surface area contributed by atoms with Gasteiger partial charge in [0.25, 0.3) is 0 Å². The number of sulfonamides is 1. The summed E-state index contributed by atoms with van der Waals surface area (Å²) in [6, 6.07) is 19.6. The van der Waals surface area contributed by atoms with Gasteiger partial charge in [0.2, 0.25) is 10.0 Å². The highest BCUT2D eigenvalue weighted by Crippen LogP contribution is 2.37. The molecule has 0 atom stereocenters. The van der Waals surface area contributed by atoms with Crippen LogP contribution >= 0.6 is 0 Å². The zero-order chi connectivity index (χ0) is 24.0. The molecule has 0 aliphatic heterocycles. The summed E-state index contributed by atoms with van der Waals surface area (Å²) in [4.78, 5) is 16.2. The van der Waals surface area contributed by atoms with Crippen LogP contribution in [0.15, 0.2) is 60.7 Å². The van der Waals surface area contributed by atoms with Crippen molar-refractivity contribution in [3.8, 4) is 5.75 Å². The fourth-order valence-corrected chi connectivity index (χ4v) is 6.30. The van der Waals surface area contributed by atoms with E-state index >= 15 is 0 Å². The molecule has 0 unspecified atom stereocenters. The number of fused-ring (bicyclic) bond motifs is 1. The van der Waals surface area contributed by atoms with Gasteiger partial charge in [0.05, 0.1) is 16.7 Å². The Morgan fingerprint density at radius 3 is 2.32 bits per heavy atom. The zero-order valence-corrected chi connectivity index (χ0v) is 20.4. The predicted octanol–water partition coefficient (Wildman–Crippen LogP) is 5.26. The lowest BCUT2D eigenvalue weighted by molar-refractivity contribution is -0.114. The van der Waals surface area contributed by atoms with E-state index < -0.39 is 21.3 Å². The number of pyridine rings is 1. The number of rotatable bonds is 8. The van der Waals surface area contributed by atoms with Crippen molar-refractivity contribution < 1.29 is 17.9 Å². The highest BCUT2D eigenvalue weighted by atomic mass is 32.2. The number of benzene rings is 2. The van der Waals surface area contributed by atoms with Crippen LogP contribution in [0.3, 0.4) is 0 Å². The van der Waals surface area contributed by atoms with Crippen molar-refractivity contribution in [1.82, 2.24) is 9.71 Å². The molecule has 6 nitrogen and oxygen atoms in total. The van der Waals surface area contributed by atoms with Crippen molar-refractivity contribution >= 4 is 26.7 Å². The van der Waals surface area contributed by atoms with Crippen LogP contribution < -0.4 is 9.46 Å². The largest absolute Gasteiger partial charge is 0.487 e. The van der Waals surface area contributed by atoms with E-state index in [9.17, 15) is 13.2 Å². The maximum atomic E-state index is 12.7. The molecule has 0 radical (unpaired) electrons. The predicted molar refractivity (Wildman–Crippen MR) is 134 cm³/mol. The molecule has 1 saturated carbocycles. The Morgan fingerprint density at radius 2 is 1.62 bits per heavy atom. The van der Waals surface area contributed by atoms with E-state index in [0.717, 1.165) is 47.8 Å². The second kappa shape index (κ2) is 10.7. The van der Waals surface area contributed by atoms with E-state index in [1.165, 1.54) is 13.3 Å². The summed E-state index contributed by atoms with van der Waals surface area (Å²) in [7, 11) is -3.73. The first kappa shape index (κ1) is 24.4. The van der Waals surface area contributed by atoms with Crippen LogP contribution in [0.5, 0.6) is 5.75 Å². The zero-order valence-electron chi connectivity index (χ0n) is 19.6. The number of nitrogens with zero attached hydrogens (tertiary/aromatic N) is 1. The van der Waals surface area contributed by atoms with Crippen molar-refractivity contribution in [1.29, 1.82) is 0 Å². The van der Waals surface area contributed by atoms with Crippen LogP contribution in [-0.2, 0) is 27.0 Å². The molecule has 34 heavy (non-hydrogen) atoms. The summed E-state index contributed by atoms with van der Waals surface area (Å²) in [6.07, 6.45) is 6.64. The number of carbonyl (C=O) groups is 1. The normalized spacial score (nSPS) is 16.5. The molecule has 0 amide bonds. The van der Waals surface area contributed by atoms with Crippen LogP contribution in [0.2, 0.25) is 0 Å². The summed E-state index contributed by atoms with van der Waals surface area (Å²) in [5.41, 5.74) is 1.99. The molecule has 2 aromatic carbocycles. The van der Waals surface area contributed by atoms with Gasteiger partial charge in [-0.1, -0.05) is 68.5 Å². The summed E-state index contributed by atoms with van der Waals surface area (Å²) in [5, 5.41) is 1.09. The maximum absolute atomic E-state index is 12.7. The highest BCUT2D eigenvalue weighted by molar-refractivity contribution is 7.90. The number of Topliss-reactive ketones (excluding diaryl/α,β-unsaturated/α-hetero) is 1. The SMILES string of the molecule is CC(=O)CS(=O)(=O)NC1(c2ccc(OCc3ccc4ccccc4n3)cc2)CCCCCCC1. The molecule has 7 heteroatoms. The minimum Gasteiger partial charge on any atom is -0.487 e. The number of aromatic nitrogens is 1. The number of ketones is 1. The summed E-state index contributed by atoms with van der Waals surface area (Å²) >= 11 is 0. The molecule has 1 N–H and O–H groups in total. The minimum atomic E-state index is -3.73. The van der Waals surface area contributed by atoms with Gasteiger partial charge in [-0.2, -0.15) is 0 Å². The van der Waals surface area contributed by atoms with Crippen molar-refractivity contribution in [2.45, 2.75) is 64.0 Å². The summed E-state index contributed by atoms with van der Waals surface area (Å²) in [6.45, 7) is 1.65. The third-order valence-electron chi connectivity index (χ3n) is 6.40. The molecule has 0 spiro atoms. The molecule has 1 aliphatic carbocycles. The first-order valence-corrected chi connectivity index (χ1v) is 13.6. The van der Waals surface area contributed by atoms with Gasteiger partial charge >= 0.3 is 0 Å². The van der Waals surface area contributed by atoms with Gasteiger partial charge in [-0.3, -0.25) is 4.79 Å². The van der Waals surface area contributed by atoms with Gasteiger partial charge in [-0.25, -0.2) is 18.1 Å². The number of para-hydroxylation sites is 1. The fraction of sp³-hybridized carbons (Fsp3) is 0.407. The number of hydrogen-bond donors (Lipinski definition) is 1. The topological polar surface area (TPSA) is 85.4 Å². The van der Waals surface area contributed by atoms with Gasteiger partial charge in [0.15, 0.2) is 0 Å². The molecular formula is C27H32N2O4S. The van der Waals surface area contributed by atoms with Gasteiger partial charge in [-0.05, 0) is 49.6 Å². The van der Waals surface area contributed by atoms with Crippen LogP contribution in [0.25, 0.3) is 10.9 Å². The molecular weight excluding hydrogens is 448 g/mol. The van der Waals surface area contributed by atoms with E-state index in [4.69, 9.17) is 4.74 Å². The number of carbonyl (C=O) groups excluding carboxylic acids is 1. The number of hydrogen-bond acceptors (Lipinski definition) is 5. The maximum Gasteiger partial charge on any atom is 0.219 e. The molecule has 1 fully saturated rings. The van der Waals surface area contributed by atoms with Crippen molar-refractivity contribution in [3.05, 3.63) is 71.9 Å². The van der Waals surface area contributed by atoms with E-state index in [2.05, 4.69) is 9.71 Å². The van der Waals surface area contributed by atoms with Crippen LogP contribution in [0, 0.1) is 0 Å². The van der Waals surface area contributed by atoms with Crippen LogP contribution in [0.4, 0.5) is 0 Å². The third-order valence-corrected chi connectivity index (χ3v) is 7.89. The Morgan fingerprint density at radius 1 is 0.941 bits per heavy atom. The van der Waals surface area contributed by atoms with E-state index in [1.807, 2.05) is 60.7 Å². The van der Waals surface area contributed by atoms with Gasteiger partial charge < -0.3 is 4.74 Å². The molecule has 180 valence electrons. The highest BCUT2D eigenvalue weighted by Gasteiger charge is 2.36. The standard InChI is InChI=1S/C27H32N2O4S/c1-21(30)20-34(31,32)29-27(17-7-3-2-4-8-18-27)23-12-15-25(16-13-23)33-19-24-14-11-22-9-5-6-10-26(22)28-24/h5-6,9-16,29H,2-4,7-8,17-20H2,1H3. The Balaban J connectivity index is 1.52. The van der Waals surface area contributed by atoms with Gasteiger partial charge in [0.1, 0.15) is 23.9 Å². The van der Waals surface area contributed by atoms with E-state index in [1.54, 1.807) is 0 Å². The van der Waals surface area contributed by atoms with Gasteiger partial charge in [0, 0.05) is 5.39 Å². The van der Waals surface area contributed by atoms with Crippen LogP contribution in [-0.4, -0.2) is 24.9 Å². The summed E-state index contributed by atoms with van der Waals surface area (Å²) < 4.78 is 34.4. The Hall–Kier alpha value is -2.77. The lowest BCUT2D eigenvalue weighted by atomic mass is 9.79. The Kier molecular flexibility index (Phi) is 7.63. The van der Waals surface area contributed by atoms with Crippen molar-refractivity contribution in [2.24, 2.45) is 0 Å². The lowest BCUT2D eigenvalue weighted by Gasteiger charge is -2.36. The monoisotopic (exact) mass is 480 g/mol. The van der Waals surface area contributed by atoms with Gasteiger partial charge in [-0.15, -0.1) is 0 Å². The molecule has 1 aromatic heterocycles. The fourth-order valence-electron chi connectivity index (χ4n) is 4.78. The molecule has 4 rings (SSSR count). The van der Waals surface area contributed by atoms with Crippen molar-refractivity contribution in [3.63, 3.8) is 0 Å². The van der Waals surface area contributed by atoms with Crippen molar-refractivity contribution in [2.75, 3.05) is 5.75 Å².